The molecule has 1 atom stereocenters. The molecule has 8 heteroatoms. The molecule has 1 aliphatic heterocycles. The van der Waals surface area contributed by atoms with E-state index in [2.05, 4.69) is 15.3 Å². The number of sulfone groups is 1. The molecule has 1 aromatic heterocycles. The van der Waals surface area contributed by atoms with E-state index in [0.29, 0.717) is 13.0 Å². The molecular formula is C13H22N4O3S. The fourth-order valence-electron chi connectivity index (χ4n) is 2.34. The molecule has 1 fully saturated rings. The quantitative estimate of drug-likeness (QED) is 0.736. The van der Waals surface area contributed by atoms with Crippen molar-refractivity contribution in [1.29, 1.82) is 0 Å². The van der Waals surface area contributed by atoms with Crippen molar-refractivity contribution < 1.29 is 13.2 Å². The predicted octanol–water partition coefficient (Wildman–Crippen LogP) is 0.548. The zero-order valence-corrected chi connectivity index (χ0v) is 13.3. The highest BCUT2D eigenvalue weighted by Crippen LogP contribution is 2.22. The fraction of sp³-hybridized carbons (Fsp3) is 0.692. The molecule has 0 spiro atoms. The molecule has 7 nitrogen and oxygen atoms in total. The van der Waals surface area contributed by atoms with Crippen molar-refractivity contribution in [3.05, 3.63) is 12.4 Å². The van der Waals surface area contributed by atoms with Crippen molar-refractivity contribution in [1.82, 2.24) is 9.97 Å². The van der Waals surface area contributed by atoms with Gasteiger partial charge in [0.05, 0.1) is 11.5 Å². The van der Waals surface area contributed by atoms with Crippen LogP contribution in [0.4, 0.5) is 11.6 Å². The second-order valence-corrected chi connectivity index (χ2v) is 7.43. The largest absolute Gasteiger partial charge is 0.385 e. The number of ether oxygens (including phenoxy) is 1. The first-order valence-corrected chi connectivity index (χ1v) is 8.82. The summed E-state index contributed by atoms with van der Waals surface area (Å²) < 4.78 is 28.1. The lowest BCUT2D eigenvalue weighted by Gasteiger charge is -2.24. The first-order chi connectivity index (χ1) is 10.0. The van der Waals surface area contributed by atoms with Crippen LogP contribution in [0.15, 0.2) is 12.4 Å². The highest BCUT2D eigenvalue weighted by atomic mass is 32.2. The summed E-state index contributed by atoms with van der Waals surface area (Å²) in [6.07, 6.45) is 3.04. The number of hydrogen-bond donors (Lipinski definition) is 1. The molecule has 0 saturated carbocycles. The van der Waals surface area contributed by atoms with E-state index in [-0.39, 0.29) is 17.5 Å². The maximum absolute atomic E-state index is 11.6. The highest BCUT2D eigenvalue weighted by molar-refractivity contribution is 7.91. The number of methoxy groups -OCH3 is 1. The normalized spacial score (nSPS) is 20.4. The molecule has 0 aromatic carbocycles. The van der Waals surface area contributed by atoms with Gasteiger partial charge in [-0.2, -0.15) is 0 Å². The minimum absolute atomic E-state index is 0.00811. The zero-order chi connectivity index (χ0) is 15.3. The minimum Gasteiger partial charge on any atom is -0.385 e. The van der Waals surface area contributed by atoms with Crippen LogP contribution in [0.5, 0.6) is 0 Å². The average molecular weight is 314 g/mol. The van der Waals surface area contributed by atoms with Crippen LogP contribution in [0.3, 0.4) is 0 Å². The highest BCUT2D eigenvalue weighted by Gasteiger charge is 2.31. The molecule has 1 aromatic rings. The van der Waals surface area contributed by atoms with E-state index in [0.717, 1.165) is 24.6 Å². The van der Waals surface area contributed by atoms with Crippen LogP contribution in [-0.4, -0.2) is 63.2 Å². The van der Waals surface area contributed by atoms with E-state index in [4.69, 9.17) is 4.74 Å². The van der Waals surface area contributed by atoms with Crippen LogP contribution in [0.1, 0.15) is 12.8 Å². The van der Waals surface area contributed by atoms with Gasteiger partial charge >= 0.3 is 0 Å². The summed E-state index contributed by atoms with van der Waals surface area (Å²) >= 11 is 0. The second kappa shape index (κ2) is 7.04. The summed E-state index contributed by atoms with van der Waals surface area (Å²) in [5.41, 5.74) is 0. The van der Waals surface area contributed by atoms with Crippen molar-refractivity contribution in [2.45, 2.75) is 18.9 Å². The van der Waals surface area contributed by atoms with Crippen molar-refractivity contribution in [3.8, 4) is 0 Å². The molecule has 2 rings (SSSR count). The summed E-state index contributed by atoms with van der Waals surface area (Å²) in [6.45, 7) is 1.47. The maximum atomic E-state index is 11.6. The maximum Gasteiger partial charge on any atom is 0.152 e. The van der Waals surface area contributed by atoms with Gasteiger partial charge in [-0.25, -0.2) is 18.4 Å². The number of aromatic nitrogens is 2. The second-order valence-electron chi connectivity index (χ2n) is 5.20. The van der Waals surface area contributed by atoms with Crippen molar-refractivity contribution in [2.24, 2.45) is 0 Å². The van der Waals surface area contributed by atoms with E-state index < -0.39 is 9.84 Å². The number of nitrogens with one attached hydrogen (secondary N) is 1. The zero-order valence-electron chi connectivity index (χ0n) is 12.4. The summed E-state index contributed by atoms with van der Waals surface area (Å²) in [5, 5.41) is 3.21. The van der Waals surface area contributed by atoms with Gasteiger partial charge in [-0.15, -0.1) is 0 Å². The third-order valence-electron chi connectivity index (χ3n) is 3.60. The Balaban J connectivity index is 1.96. The lowest BCUT2D eigenvalue weighted by atomic mass is 10.2. The molecule has 21 heavy (non-hydrogen) atoms. The first kappa shape index (κ1) is 16.0. The van der Waals surface area contributed by atoms with E-state index in [1.165, 1.54) is 6.33 Å². The van der Waals surface area contributed by atoms with E-state index in [1.54, 1.807) is 7.11 Å². The molecule has 1 unspecified atom stereocenters. The first-order valence-electron chi connectivity index (χ1n) is 7.00. The standard InChI is InChI=1S/C13H22N4O3S/c1-17(11-4-7-21(18,19)9-11)13-8-12(15-10-16-13)14-5-3-6-20-2/h8,10-11H,3-7,9H2,1-2H3,(H,14,15,16). The third kappa shape index (κ3) is 4.53. The van der Waals surface area contributed by atoms with Crippen LogP contribution in [-0.2, 0) is 14.6 Å². The molecule has 2 heterocycles. The molecule has 118 valence electrons. The number of nitrogens with zero attached hydrogens (tertiary/aromatic N) is 3. The molecule has 1 aliphatic rings. The molecular weight excluding hydrogens is 292 g/mol. The lowest BCUT2D eigenvalue weighted by Crippen LogP contribution is -2.33. The average Bonchev–Trinajstić information content (AvgIpc) is 2.83. The summed E-state index contributed by atoms with van der Waals surface area (Å²) in [5.74, 6) is 1.93. The Hall–Kier alpha value is -1.41. The predicted molar refractivity (Wildman–Crippen MR) is 82.5 cm³/mol. The Morgan fingerprint density at radius 3 is 2.95 bits per heavy atom. The molecule has 0 radical (unpaired) electrons. The van der Waals surface area contributed by atoms with Crippen molar-refractivity contribution >= 4 is 21.5 Å². The van der Waals surface area contributed by atoms with E-state index in [1.807, 2.05) is 18.0 Å². The van der Waals surface area contributed by atoms with Gasteiger partial charge < -0.3 is 15.0 Å². The van der Waals surface area contributed by atoms with Crippen LogP contribution in [0.2, 0.25) is 0 Å². The smallest absolute Gasteiger partial charge is 0.152 e. The summed E-state index contributed by atoms with van der Waals surface area (Å²) in [4.78, 5) is 10.3. The minimum atomic E-state index is -2.89. The van der Waals surface area contributed by atoms with Crippen LogP contribution in [0.25, 0.3) is 0 Å². The van der Waals surface area contributed by atoms with Gasteiger partial charge in [0, 0.05) is 39.4 Å². The summed E-state index contributed by atoms with van der Waals surface area (Å²) in [6, 6.07) is 1.84. The summed E-state index contributed by atoms with van der Waals surface area (Å²) in [7, 11) is 0.658. The van der Waals surface area contributed by atoms with E-state index >= 15 is 0 Å². The molecule has 0 bridgehead atoms. The third-order valence-corrected chi connectivity index (χ3v) is 5.35. The Bertz CT molecular complexity index is 564. The van der Waals surface area contributed by atoms with Crippen molar-refractivity contribution in [2.75, 3.05) is 49.0 Å². The Labute approximate surface area is 125 Å². The number of anilines is 2. The Morgan fingerprint density at radius 2 is 2.29 bits per heavy atom. The van der Waals surface area contributed by atoms with Gasteiger partial charge in [-0.05, 0) is 12.8 Å². The molecule has 0 amide bonds. The van der Waals surface area contributed by atoms with Crippen molar-refractivity contribution in [3.63, 3.8) is 0 Å². The van der Waals surface area contributed by atoms with Gasteiger partial charge in [0.1, 0.15) is 18.0 Å². The Morgan fingerprint density at radius 1 is 1.48 bits per heavy atom. The number of rotatable bonds is 7. The van der Waals surface area contributed by atoms with E-state index in [9.17, 15) is 8.42 Å². The van der Waals surface area contributed by atoms with Crippen LogP contribution in [0, 0.1) is 0 Å². The van der Waals surface area contributed by atoms with Crippen LogP contribution >= 0.6 is 0 Å². The van der Waals surface area contributed by atoms with Gasteiger partial charge in [0.15, 0.2) is 9.84 Å². The lowest BCUT2D eigenvalue weighted by molar-refractivity contribution is 0.198. The SMILES string of the molecule is COCCCNc1cc(N(C)C2CCS(=O)(=O)C2)ncn1. The fourth-order valence-corrected chi connectivity index (χ4v) is 4.11. The van der Waals surface area contributed by atoms with Gasteiger partial charge in [0.25, 0.3) is 0 Å². The van der Waals surface area contributed by atoms with Gasteiger partial charge in [-0.1, -0.05) is 0 Å². The molecule has 1 saturated heterocycles. The van der Waals surface area contributed by atoms with Gasteiger partial charge in [0.2, 0.25) is 0 Å². The Kier molecular flexibility index (Phi) is 5.35. The van der Waals surface area contributed by atoms with Gasteiger partial charge in [-0.3, -0.25) is 0 Å². The monoisotopic (exact) mass is 314 g/mol. The molecule has 0 aliphatic carbocycles. The topological polar surface area (TPSA) is 84.4 Å². The number of hydrogen-bond acceptors (Lipinski definition) is 7. The molecule has 1 N–H and O–H groups in total. The van der Waals surface area contributed by atoms with Crippen LogP contribution < -0.4 is 10.2 Å².